The molecule has 0 fully saturated rings. The van der Waals surface area contributed by atoms with Crippen molar-refractivity contribution in [1.29, 1.82) is 0 Å². The van der Waals surface area contributed by atoms with E-state index < -0.39 is 37.6 Å². The predicted molar refractivity (Wildman–Crippen MR) is 70.7 cm³/mol. The highest BCUT2D eigenvalue weighted by atomic mass is 16.7. The SMILES string of the molecule is CCOC(C)OC(C(C)OCC)C(CO)(CO)CO. The van der Waals surface area contributed by atoms with Crippen molar-refractivity contribution in [2.24, 2.45) is 5.41 Å². The smallest absolute Gasteiger partial charge is 0.155 e. The summed E-state index contributed by atoms with van der Waals surface area (Å²) < 4.78 is 16.5. The van der Waals surface area contributed by atoms with E-state index in [9.17, 15) is 15.3 Å². The molecule has 3 unspecified atom stereocenters. The summed E-state index contributed by atoms with van der Waals surface area (Å²) in [7, 11) is 0. The second-order valence-electron chi connectivity index (χ2n) is 4.58. The highest BCUT2D eigenvalue weighted by Crippen LogP contribution is 2.28. The van der Waals surface area contributed by atoms with Crippen LogP contribution in [0, 0.1) is 5.41 Å². The second-order valence-corrected chi connectivity index (χ2v) is 4.58. The Balaban J connectivity index is 5.01. The van der Waals surface area contributed by atoms with Gasteiger partial charge in [0.2, 0.25) is 0 Å². The van der Waals surface area contributed by atoms with Gasteiger partial charge in [-0.1, -0.05) is 0 Å². The summed E-state index contributed by atoms with van der Waals surface area (Å²) >= 11 is 0. The standard InChI is InChI=1S/C13H28O6/c1-5-17-10(3)12(19-11(4)18-6-2)13(7-14,8-15)9-16/h10-12,14-16H,5-9H2,1-4H3. The zero-order valence-electron chi connectivity index (χ0n) is 12.3. The molecule has 0 aromatic carbocycles. The first kappa shape index (κ1) is 18.8. The van der Waals surface area contributed by atoms with Crippen LogP contribution in [0.25, 0.3) is 0 Å². The molecule has 6 heteroatoms. The third kappa shape index (κ3) is 5.33. The number of aliphatic hydroxyl groups is 3. The molecular weight excluding hydrogens is 252 g/mol. The predicted octanol–water partition coefficient (Wildman–Crippen LogP) is 0.142. The minimum Gasteiger partial charge on any atom is -0.396 e. The van der Waals surface area contributed by atoms with Crippen molar-refractivity contribution in [2.45, 2.75) is 46.2 Å². The molecule has 0 saturated heterocycles. The van der Waals surface area contributed by atoms with Crippen LogP contribution >= 0.6 is 0 Å². The van der Waals surface area contributed by atoms with Gasteiger partial charge in [0.1, 0.15) is 0 Å². The fourth-order valence-corrected chi connectivity index (χ4v) is 2.00. The monoisotopic (exact) mass is 280 g/mol. The lowest BCUT2D eigenvalue weighted by atomic mass is 9.81. The maximum atomic E-state index is 9.51. The second kappa shape index (κ2) is 9.63. The van der Waals surface area contributed by atoms with Gasteiger partial charge in [-0.25, -0.2) is 0 Å². The van der Waals surface area contributed by atoms with Gasteiger partial charge in [0, 0.05) is 13.2 Å². The summed E-state index contributed by atoms with van der Waals surface area (Å²) in [6.45, 7) is 6.96. The normalized spacial score (nSPS) is 17.2. The maximum Gasteiger partial charge on any atom is 0.155 e. The average molecular weight is 280 g/mol. The molecule has 0 aliphatic rings. The van der Waals surface area contributed by atoms with E-state index in [-0.39, 0.29) is 6.10 Å². The lowest BCUT2D eigenvalue weighted by molar-refractivity contribution is -0.235. The van der Waals surface area contributed by atoms with Crippen LogP contribution in [0.15, 0.2) is 0 Å². The summed E-state index contributed by atoms with van der Waals surface area (Å²) in [6, 6.07) is 0. The molecule has 0 heterocycles. The van der Waals surface area contributed by atoms with E-state index in [2.05, 4.69) is 0 Å². The maximum absolute atomic E-state index is 9.51. The average Bonchev–Trinajstić information content (AvgIpc) is 2.40. The number of hydrogen-bond acceptors (Lipinski definition) is 6. The van der Waals surface area contributed by atoms with E-state index in [1.807, 2.05) is 13.8 Å². The molecule has 3 N–H and O–H groups in total. The van der Waals surface area contributed by atoms with Crippen LogP contribution in [0.4, 0.5) is 0 Å². The molecule has 6 nitrogen and oxygen atoms in total. The number of rotatable bonds is 11. The van der Waals surface area contributed by atoms with E-state index in [1.165, 1.54) is 0 Å². The molecule has 0 aliphatic heterocycles. The molecule has 0 spiro atoms. The minimum atomic E-state index is -1.17. The Morgan fingerprint density at radius 2 is 1.37 bits per heavy atom. The molecule has 0 aromatic heterocycles. The molecule has 0 saturated carbocycles. The first-order chi connectivity index (χ1) is 9.01. The molecule has 19 heavy (non-hydrogen) atoms. The van der Waals surface area contributed by atoms with E-state index in [0.29, 0.717) is 13.2 Å². The molecule has 0 bridgehead atoms. The number of hydrogen-bond donors (Lipinski definition) is 3. The Kier molecular flexibility index (Phi) is 9.51. The van der Waals surface area contributed by atoms with Crippen LogP contribution in [0.5, 0.6) is 0 Å². The van der Waals surface area contributed by atoms with Crippen LogP contribution < -0.4 is 0 Å². The zero-order valence-corrected chi connectivity index (χ0v) is 12.3. The molecular formula is C13H28O6. The van der Waals surface area contributed by atoms with Gasteiger partial charge in [-0.3, -0.25) is 0 Å². The Bertz CT molecular complexity index is 211. The first-order valence-corrected chi connectivity index (χ1v) is 6.72. The summed E-state index contributed by atoms with van der Waals surface area (Å²) in [5.41, 5.74) is -1.17. The van der Waals surface area contributed by atoms with E-state index >= 15 is 0 Å². The van der Waals surface area contributed by atoms with Gasteiger partial charge in [0.05, 0.1) is 37.4 Å². The Morgan fingerprint density at radius 3 is 1.74 bits per heavy atom. The molecule has 0 aromatic rings. The summed E-state index contributed by atoms with van der Waals surface area (Å²) in [4.78, 5) is 0. The van der Waals surface area contributed by atoms with E-state index in [0.717, 1.165) is 0 Å². The van der Waals surface area contributed by atoms with Gasteiger partial charge in [-0.15, -0.1) is 0 Å². The van der Waals surface area contributed by atoms with E-state index in [4.69, 9.17) is 14.2 Å². The van der Waals surface area contributed by atoms with E-state index in [1.54, 1.807) is 13.8 Å². The third-order valence-corrected chi connectivity index (χ3v) is 3.14. The highest BCUT2D eigenvalue weighted by Gasteiger charge is 2.43. The van der Waals surface area contributed by atoms with Crippen LogP contribution in [0.1, 0.15) is 27.7 Å². The number of aliphatic hydroxyl groups excluding tert-OH is 3. The third-order valence-electron chi connectivity index (χ3n) is 3.14. The fourth-order valence-electron chi connectivity index (χ4n) is 2.00. The Hall–Kier alpha value is -0.240. The van der Waals surface area contributed by atoms with Crippen LogP contribution in [-0.2, 0) is 14.2 Å². The quantitative estimate of drug-likeness (QED) is 0.467. The van der Waals surface area contributed by atoms with Crippen LogP contribution in [-0.4, -0.2) is 66.9 Å². The minimum absolute atomic E-state index is 0.389. The Morgan fingerprint density at radius 1 is 0.895 bits per heavy atom. The van der Waals surface area contributed by atoms with Crippen molar-refractivity contribution in [3.63, 3.8) is 0 Å². The van der Waals surface area contributed by atoms with Crippen molar-refractivity contribution in [3.05, 3.63) is 0 Å². The van der Waals surface area contributed by atoms with Crippen molar-refractivity contribution < 1.29 is 29.5 Å². The lowest BCUT2D eigenvalue weighted by Gasteiger charge is -2.40. The molecule has 0 aliphatic carbocycles. The summed E-state index contributed by atoms with van der Waals surface area (Å²) in [5, 5.41) is 28.5. The van der Waals surface area contributed by atoms with Gasteiger partial charge < -0.3 is 29.5 Å². The number of ether oxygens (including phenoxy) is 3. The molecule has 116 valence electrons. The first-order valence-electron chi connectivity index (χ1n) is 6.72. The molecule has 0 amide bonds. The zero-order chi connectivity index (χ0) is 14.9. The van der Waals surface area contributed by atoms with Gasteiger partial charge in [0.15, 0.2) is 6.29 Å². The van der Waals surface area contributed by atoms with Crippen LogP contribution in [0.3, 0.4) is 0 Å². The summed E-state index contributed by atoms with van der Waals surface area (Å²) in [5.74, 6) is 0. The van der Waals surface area contributed by atoms with Gasteiger partial charge in [-0.05, 0) is 27.7 Å². The topological polar surface area (TPSA) is 88.4 Å². The van der Waals surface area contributed by atoms with Gasteiger partial charge in [-0.2, -0.15) is 0 Å². The fraction of sp³-hybridized carbons (Fsp3) is 1.00. The molecule has 0 radical (unpaired) electrons. The highest BCUT2D eigenvalue weighted by molar-refractivity contribution is 4.90. The Labute approximate surface area is 115 Å². The molecule has 3 atom stereocenters. The van der Waals surface area contributed by atoms with Crippen molar-refractivity contribution >= 4 is 0 Å². The van der Waals surface area contributed by atoms with Gasteiger partial charge in [0.25, 0.3) is 0 Å². The van der Waals surface area contributed by atoms with Crippen molar-refractivity contribution in [3.8, 4) is 0 Å². The van der Waals surface area contributed by atoms with Crippen molar-refractivity contribution in [1.82, 2.24) is 0 Å². The summed E-state index contributed by atoms with van der Waals surface area (Å²) in [6.07, 6.45) is -1.57. The lowest BCUT2D eigenvalue weighted by Crippen LogP contribution is -2.53. The van der Waals surface area contributed by atoms with Crippen LogP contribution in [0.2, 0.25) is 0 Å². The molecule has 0 rings (SSSR count). The van der Waals surface area contributed by atoms with Crippen molar-refractivity contribution in [2.75, 3.05) is 33.0 Å². The largest absolute Gasteiger partial charge is 0.396 e. The van der Waals surface area contributed by atoms with Gasteiger partial charge >= 0.3 is 0 Å².